The first kappa shape index (κ1) is 20.3. The van der Waals surface area contributed by atoms with Gasteiger partial charge in [-0.1, -0.05) is 37.3 Å². The van der Waals surface area contributed by atoms with Crippen molar-refractivity contribution in [3.05, 3.63) is 69.6 Å². The van der Waals surface area contributed by atoms with Crippen molar-refractivity contribution in [2.45, 2.75) is 52.1 Å². The highest BCUT2D eigenvalue weighted by molar-refractivity contribution is 7.17. The van der Waals surface area contributed by atoms with Gasteiger partial charge >= 0.3 is 0 Å². The number of nitrogens with one attached hydrogen (secondary N) is 1. The lowest BCUT2D eigenvalue weighted by atomic mass is 10.1. The second kappa shape index (κ2) is 8.44. The first-order valence-electron chi connectivity index (χ1n) is 10.3. The van der Waals surface area contributed by atoms with Gasteiger partial charge in [0.1, 0.15) is 17.4 Å². The van der Waals surface area contributed by atoms with E-state index in [1.54, 1.807) is 11.3 Å². The van der Waals surface area contributed by atoms with Gasteiger partial charge in [-0.2, -0.15) is 5.10 Å². The number of thiophene rings is 1. The maximum atomic E-state index is 13.2. The van der Waals surface area contributed by atoms with Gasteiger partial charge in [0, 0.05) is 6.04 Å². The van der Waals surface area contributed by atoms with Gasteiger partial charge < -0.3 is 5.32 Å². The van der Waals surface area contributed by atoms with Gasteiger partial charge in [-0.05, 0) is 56.2 Å². The number of benzene rings is 1. The van der Waals surface area contributed by atoms with Gasteiger partial charge in [-0.25, -0.2) is 4.68 Å². The molecule has 1 aromatic carbocycles. The Morgan fingerprint density at radius 1 is 1.20 bits per heavy atom. The van der Waals surface area contributed by atoms with Crippen LogP contribution in [0.3, 0.4) is 0 Å². The molecule has 2 unspecified atom stereocenters. The number of hydrogen-bond acceptors (Lipinski definition) is 4. The molecule has 0 aliphatic heterocycles. The Kier molecular flexibility index (Phi) is 5.72. The summed E-state index contributed by atoms with van der Waals surface area (Å²) in [5.41, 5.74) is 2.56. The fourth-order valence-corrected chi connectivity index (χ4v) is 4.72. The molecule has 0 spiro atoms. The van der Waals surface area contributed by atoms with Crippen molar-refractivity contribution in [1.29, 1.82) is 0 Å². The maximum absolute atomic E-state index is 13.2. The molecule has 156 valence electrons. The van der Waals surface area contributed by atoms with E-state index in [-0.39, 0.29) is 17.5 Å². The molecule has 4 aromatic rings. The number of nitrogens with zero attached hydrogens (tertiary/aromatic N) is 3. The predicted molar refractivity (Wildman–Crippen MR) is 121 cm³/mol. The van der Waals surface area contributed by atoms with Crippen LogP contribution < -0.4 is 10.9 Å². The molecule has 4 rings (SSSR count). The first-order valence-corrected chi connectivity index (χ1v) is 11.2. The van der Waals surface area contributed by atoms with Crippen molar-refractivity contribution in [1.82, 2.24) is 19.5 Å². The number of aryl methyl sites for hydroxylation is 2. The van der Waals surface area contributed by atoms with E-state index < -0.39 is 6.04 Å². The first-order chi connectivity index (χ1) is 14.5. The van der Waals surface area contributed by atoms with Crippen molar-refractivity contribution in [3.8, 4) is 0 Å². The Bertz CT molecular complexity index is 1240. The zero-order chi connectivity index (χ0) is 21.3. The van der Waals surface area contributed by atoms with E-state index in [0.29, 0.717) is 17.8 Å². The summed E-state index contributed by atoms with van der Waals surface area (Å²) < 4.78 is 4.27. The molecule has 0 saturated carbocycles. The third-order valence-corrected chi connectivity index (χ3v) is 6.36. The molecule has 0 bridgehead atoms. The zero-order valence-electron chi connectivity index (χ0n) is 17.5. The van der Waals surface area contributed by atoms with Gasteiger partial charge in [0.15, 0.2) is 0 Å². The standard InChI is InChI=1S/C23H26N4O2S/c1-4-18(22(28)24-15(2)10-11-17-8-6-5-7-9-17)27-23(29)20-14-21-19(12-13-30-21)26(20)16(3)25-27/h5-9,12-15,18H,4,10-11H2,1-3H3,(H,24,28). The molecule has 2 atom stereocenters. The monoisotopic (exact) mass is 422 g/mol. The minimum atomic E-state index is -0.631. The van der Waals surface area contributed by atoms with Crippen LogP contribution in [-0.4, -0.2) is 26.1 Å². The molecule has 7 heteroatoms. The van der Waals surface area contributed by atoms with Crippen molar-refractivity contribution in [2.24, 2.45) is 0 Å². The number of carbonyl (C=O) groups is 1. The van der Waals surface area contributed by atoms with Crippen molar-refractivity contribution >= 4 is 33.0 Å². The van der Waals surface area contributed by atoms with E-state index in [2.05, 4.69) is 22.5 Å². The summed E-state index contributed by atoms with van der Waals surface area (Å²) in [7, 11) is 0. The Balaban J connectivity index is 1.55. The Hall–Kier alpha value is -2.93. The fraction of sp³-hybridized carbons (Fsp3) is 0.348. The predicted octanol–water partition coefficient (Wildman–Crippen LogP) is 4.11. The molecular formula is C23H26N4O2S. The number of aromatic nitrogens is 3. The third kappa shape index (κ3) is 3.77. The normalized spacial score (nSPS) is 13.6. The Labute approximate surface area is 179 Å². The number of amides is 1. The average Bonchev–Trinajstić information content (AvgIpc) is 3.33. The van der Waals surface area contributed by atoms with Crippen LogP contribution in [0.4, 0.5) is 0 Å². The molecule has 0 fully saturated rings. The molecule has 3 heterocycles. The SMILES string of the molecule is CCC(C(=O)NC(C)CCc1ccccc1)n1nc(C)n2c(cc3sccc32)c1=O. The van der Waals surface area contributed by atoms with Crippen molar-refractivity contribution < 1.29 is 4.79 Å². The molecule has 3 aromatic heterocycles. The van der Waals surface area contributed by atoms with Gasteiger partial charge in [-0.15, -0.1) is 11.3 Å². The van der Waals surface area contributed by atoms with Gasteiger partial charge in [0.25, 0.3) is 5.56 Å². The van der Waals surface area contributed by atoms with Crippen LogP contribution in [0.2, 0.25) is 0 Å². The summed E-state index contributed by atoms with van der Waals surface area (Å²) in [5.74, 6) is 0.533. The number of carbonyl (C=O) groups excluding carboxylic acids is 1. The summed E-state index contributed by atoms with van der Waals surface area (Å²) in [5, 5.41) is 9.58. The summed E-state index contributed by atoms with van der Waals surface area (Å²) in [6.45, 7) is 5.77. The van der Waals surface area contributed by atoms with E-state index in [4.69, 9.17) is 0 Å². The molecule has 0 saturated heterocycles. The lowest BCUT2D eigenvalue weighted by Crippen LogP contribution is -2.42. The highest BCUT2D eigenvalue weighted by atomic mass is 32.1. The van der Waals surface area contributed by atoms with E-state index in [1.165, 1.54) is 10.2 Å². The van der Waals surface area contributed by atoms with Crippen LogP contribution in [0.5, 0.6) is 0 Å². The van der Waals surface area contributed by atoms with E-state index in [9.17, 15) is 9.59 Å². The van der Waals surface area contributed by atoms with Crippen LogP contribution in [0.1, 0.15) is 44.1 Å². The van der Waals surface area contributed by atoms with Crippen LogP contribution >= 0.6 is 11.3 Å². The van der Waals surface area contributed by atoms with Crippen molar-refractivity contribution in [3.63, 3.8) is 0 Å². The lowest BCUT2D eigenvalue weighted by Gasteiger charge is -2.21. The highest BCUT2D eigenvalue weighted by Crippen LogP contribution is 2.25. The molecule has 6 nitrogen and oxygen atoms in total. The Morgan fingerprint density at radius 2 is 1.97 bits per heavy atom. The smallest absolute Gasteiger partial charge is 0.291 e. The topological polar surface area (TPSA) is 68.4 Å². The molecule has 1 amide bonds. The van der Waals surface area contributed by atoms with Crippen LogP contribution in [0.25, 0.3) is 15.7 Å². The second-order valence-corrected chi connectivity index (χ2v) is 8.64. The largest absolute Gasteiger partial charge is 0.352 e. The van der Waals surface area contributed by atoms with Crippen LogP contribution in [0, 0.1) is 6.92 Å². The van der Waals surface area contributed by atoms with Crippen LogP contribution in [0.15, 0.2) is 52.6 Å². The summed E-state index contributed by atoms with van der Waals surface area (Å²) in [6, 6.07) is 13.5. The van der Waals surface area contributed by atoms with Crippen LogP contribution in [-0.2, 0) is 11.2 Å². The Morgan fingerprint density at radius 3 is 2.70 bits per heavy atom. The highest BCUT2D eigenvalue weighted by Gasteiger charge is 2.24. The lowest BCUT2D eigenvalue weighted by molar-refractivity contribution is -0.125. The summed E-state index contributed by atoms with van der Waals surface area (Å²) in [4.78, 5) is 26.2. The zero-order valence-corrected chi connectivity index (χ0v) is 18.3. The molecule has 1 N–H and O–H groups in total. The minimum absolute atomic E-state index is 0.00549. The molecule has 0 aliphatic rings. The number of fused-ring (bicyclic) bond motifs is 3. The summed E-state index contributed by atoms with van der Waals surface area (Å²) >= 11 is 1.59. The van der Waals surface area contributed by atoms with Crippen molar-refractivity contribution in [2.75, 3.05) is 0 Å². The van der Waals surface area contributed by atoms with Gasteiger partial charge in [-0.3, -0.25) is 14.0 Å². The quantitative estimate of drug-likeness (QED) is 0.487. The van der Waals surface area contributed by atoms with E-state index >= 15 is 0 Å². The molecular weight excluding hydrogens is 396 g/mol. The molecule has 30 heavy (non-hydrogen) atoms. The third-order valence-electron chi connectivity index (χ3n) is 5.51. The number of rotatable bonds is 7. The van der Waals surface area contributed by atoms with Gasteiger partial charge in [0.05, 0.1) is 10.2 Å². The molecule has 0 radical (unpaired) electrons. The average molecular weight is 423 g/mol. The van der Waals surface area contributed by atoms with Gasteiger partial charge in [0.2, 0.25) is 5.91 Å². The molecule has 0 aliphatic carbocycles. The fourth-order valence-electron chi connectivity index (χ4n) is 3.91. The second-order valence-electron chi connectivity index (χ2n) is 7.69. The minimum Gasteiger partial charge on any atom is -0.352 e. The number of hydrogen-bond donors (Lipinski definition) is 1. The summed E-state index contributed by atoms with van der Waals surface area (Å²) in [6.07, 6.45) is 2.22. The van der Waals surface area contributed by atoms with E-state index in [0.717, 1.165) is 23.1 Å². The maximum Gasteiger partial charge on any atom is 0.291 e. The van der Waals surface area contributed by atoms with E-state index in [1.807, 2.05) is 60.9 Å².